The van der Waals surface area contributed by atoms with Crippen LogP contribution < -0.4 is 0 Å². The van der Waals surface area contributed by atoms with Crippen molar-refractivity contribution in [3.05, 3.63) is 39.7 Å². The molecule has 0 saturated heterocycles. The highest BCUT2D eigenvalue weighted by atomic mass is 32.1. The predicted octanol–water partition coefficient (Wildman–Crippen LogP) is 3.60. The molecule has 2 aromatic rings. The van der Waals surface area contributed by atoms with E-state index in [0.717, 1.165) is 17.1 Å². The van der Waals surface area contributed by atoms with Gasteiger partial charge in [-0.15, -0.1) is 11.3 Å². The summed E-state index contributed by atoms with van der Waals surface area (Å²) in [5.41, 5.74) is 4.81. The second-order valence-electron chi connectivity index (χ2n) is 4.94. The minimum absolute atomic E-state index is 0.221. The first-order chi connectivity index (χ1) is 8.60. The molecule has 0 aliphatic rings. The highest BCUT2D eigenvalue weighted by Gasteiger charge is 2.09. The maximum Gasteiger partial charge on any atom is 0.0936 e. The third-order valence-corrected chi connectivity index (χ3v) is 3.92. The molecule has 0 fully saturated rings. The van der Waals surface area contributed by atoms with Crippen molar-refractivity contribution in [1.82, 2.24) is 4.98 Å². The second kappa shape index (κ2) is 5.63. The molecule has 0 radical (unpaired) electrons. The Morgan fingerprint density at radius 1 is 1.33 bits per heavy atom. The number of rotatable bonds is 4. The van der Waals surface area contributed by atoms with Crippen molar-refractivity contribution in [3.63, 3.8) is 0 Å². The number of aliphatic hydroxyl groups is 1. The lowest BCUT2D eigenvalue weighted by molar-refractivity contribution is 0.237. The van der Waals surface area contributed by atoms with Crippen molar-refractivity contribution in [1.29, 1.82) is 0 Å². The molecular formula is C15H19NOS. The van der Waals surface area contributed by atoms with Crippen molar-refractivity contribution >= 4 is 11.3 Å². The number of benzene rings is 1. The maximum atomic E-state index is 9.07. The summed E-state index contributed by atoms with van der Waals surface area (Å²) in [5, 5.41) is 12.3. The van der Waals surface area contributed by atoms with Crippen LogP contribution in [0.3, 0.4) is 0 Å². The first-order valence-corrected chi connectivity index (χ1v) is 7.11. The van der Waals surface area contributed by atoms with Gasteiger partial charge in [-0.05, 0) is 25.3 Å². The normalized spacial score (nSPS) is 12.7. The van der Waals surface area contributed by atoms with Crippen LogP contribution in [0.2, 0.25) is 0 Å². The summed E-state index contributed by atoms with van der Waals surface area (Å²) in [6.45, 7) is 6.49. The third-order valence-electron chi connectivity index (χ3n) is 3.04. The highest BCUT2D eigenvalue weighted by molar-refractivity contribution is 7.09. The summed E-state index contributed by atoms with van der Waals surface area (Å²) >= 11 is 1.68. The van der Waals surface area contributed by atoms with Gasteiger partial charge in [0, 0.05) is 24.0 Å². The minimum Gasteiger partial charge on any atom is -0.396 e. The number of hydrogen-bond donors (Lipinski definition) is 1. The molecule has 1 atom stereocenters. The molecule has 0 spiro atoms. The van der Waals surface area contributed by atoms with Gasteiger partial charge in [0.25, 0.3) is 0 Å². The predicted molar refractivity (Wildman–Crippen MR) is 77.0 cm³/mol. The van der Waals surface area contributed by atoms with Gasteiger partial charge in [0.1, 0.15) is 0 Å². The topological polar surface area (TPSA) is 33.1 Å². The highest BCUT2D eigenvalue weighted by Crippen LogP contribution is 2.26. The molecule has 2 nitrogen and oxygen atoms in total. The lowest BCUT2D eigenvalue weighted by Gasteiger charge is -2.05. The zero-order chi connectivity index (χ0) is 13.1. The van der Waals surface area contributed by atoms with E-state index in [9.17, 15) is 0 Å². The molecule has 1 heterocycles. The molecule has 2 rings (SSSR count). The molecule has 1 aromatic heterocycles. The maximum absolute atomic E-state index is 9.07. The van der Waals surface area contributed by atoms with Gasteiger partial charge < -0.3 is 5.11 Å². The van der Waals surface area contributed by atoms with Crippen LogP contribution in [-0.4, -0.2) is 16.7 Å². The van der Waals surface area contributed by atoms with E-state index in [1.165, 1.54) is 16.7 Å². The molecule has 3 heteroatoms. The quantitative estimate of drug-likeness (QED) is 0.912. The zero-order valence-electron chi connectivity index (χ0n) is 11.1. The van der Waals surface area contributed by atoms with Crippen molar-refractivity contribution < 1.29 is 5.11 Å². The first kappa shape index (κ1) is 13.2. The molecular weight excluding hydrogens is 242 g/mol. The Hall–Kier alpha value is -1.19. The van der Waals surface area contributed by atoms with Crippen molar-refractivity contribution in [2.24, 2.45) is 5.92 Å². The van der Waals surface area contributed by atoms with Crippen LogP contribution in [0.25, 0.3) is 11.3 Å². The van der Waals surface area contributed by atoms with E-state index in [-0.39, 0.29) is 12.5 Å². The van der Waals surface area contributed by atoms with Gasteiger partial charge in [-0.2, -0.15) is 0 Å². The molecule has 0 aliphatic carbocycles. The lowest BCUT2D eigenvalue weighted by Crippen LogP contribution is -2.04. The number of aromatic nitrogens is 1. The van der Waals surface area contributed by atoms with E-state index in [0.29, 0.717) is 0 Å². The van der Waals surface area contributed by atoms with Crippen LogP contribution in [-0.2, 0) is 6.42 Å². The van der Waals surface area contributed by atoms with Crippen molar-refractivity contribution in [2.45, 2.75) is 27.2 Å². The average molecular weight is 261 g/mol. The molecule has 18 heavy (non-hydrogen) atoms. The van der Waals surface area contributed by atoms with Crippen LogP contribution in [0.5, 0.6) is 0 Å². The van der Waals surface area contributed by atoms with Gasteiger partial charge in [-0.25, -0.2) is 4.98 Å². The van der Waals surface area contributed by atoms with Crippen LogP contribution >= 0.6 is 11.3 Å². The number of nitrogens with zero attached hydrogens (tertiary/aromatic N) is 1. The van der Waals surface area contributed by atoms with E-state index in [1.54, 1.807) is 11.3 Å². The summed E-state index contributed by atoms with van der Waals surface area (Å²) in [6, 6.07) is 6.45. The van der Waals surface area contributed by atoms with Gasteiger partial charge in [-0.1, -0.05) is 30.7 Å². The van der Waals surface area contributed by atoms with E-state index >= 15 is 0 Å². The summed E-state index contributed by atoms with van der Waals surface area (Å²) in [7, 11) is 0. The van der Waals surface area contributed by atoms with Gasteiger partial charge in [0.05, 0.1) is 10.7 Å². The second-order valence-corrected chi connectivity index (χ2v) is 5.88. The van der Waals surface area contributed by atoms with E-state index in [2.05, 4.69) is 42.4 Å². The Balaban J connectivity index is 2.24. The van der Waals surface area contributed by atoms with Crippen LogP contribution in [0.1, 0.15) is 23.1 Å². The first-order valence-electron chi connectivity index (χ1n) is 6.23. The number of aryl methyl sites for hydroxylation is 2. The summed E-state index contributed by atoms with van der Waals surface area (Å²) in [4.78, 5) is 4.67. The average Bonchev–Trinajstić information content (AvgIpc) is 2.77. The summed E-state index contributed by atoms with van der Waals surface area (Å²) < 4.78 is 0. The van der Waals surface area contributed by atoms with E-state index in [4.69, 9.17) is 5.11 Å². The molecule has 0 amide bonds. The smallest absolute Gasteiger partial charge is 0.0936 e. The Morgan fingerprint density at radius 2 is 2.11 bits per heavy atom. The van der Waals surface area contributed by atoms with Gasteiger partial charge in [-0.3, -0.25) is 0 Å². The van der Waals surface area contributed by atoms with Gasteiger partial charge >= 0.3 is 0 Å². The van der Waals surface area contributed by atoms with Gasteiger partial charge in [0.15, 0.2) is 0 Å². The van der Waals surface area contributed by atoms with Crippen LogP contribution in [0, 0.1) is 19.8 Å². The zero-order valence-corrected chi connectivity index (χ0v) is 11.9. The molecule has 96 valence electrons. The molecule has 0 aliphatic heterocycles. The van der Waals surface area contributed by atoms with Gasteiger partial charge in [0.2, 0.25) is 0 Å². The standard InChI is InChI=1S/C15H19NOS/c1-10-4-5-13(12(3)6-10)14-9-18-15(16-14)7-11(2)8-17/h4-6,9,11,17H,7-8H2,1-3H3. The third kappa shape index (κ3) is 2.98. The number of thiazole rings is 1. The SMILES string of the molecule is Cc1ccc(-c2csc(CC(C)CO)n2)c(C)c1. The Labute approximate surface area is 112 Å². The van der Waals surface area contributed by atoms with Crippen LogP contribution in [0.4, 0.5) is 0 Å². The largest absolute Gasteiger partial charge is 0.396 e. The number of aliphatic hydroxyl groups excluding tert-OH is 1. The summed E-state index contributed by atoms with van der Waals surface area (Å²) in [6.07, 6.45) is 0.853. The number of hydrogen-bond acceptors (Lipinski definition) is 3. The van der Waals surface area contributed by atoms with E-state index in [1.807, 2.05) is 6.92 Å². The van der Waals surface area contributed by atoms with Crippen molar-refractivity contribution in [3.8, 4) is 11.3 Å². The molecule has 1 N–H and O–H groups in total. The fourth-order valence-electron chi connectivity index (χ4n) is 1.99. The van der Waals surface area contributed by atoms with Crippen LogP contribution in [0.15, 0.2) is 23.6 Å². The fourth-order valence-corrected chi connectivity index (χ4v) is 2.95. The molecule has 1 aromatic carbocycles. The Kier molecular flexibility index (Phi) is 4.15. The van der Waals surface area contributed by atoms with Crippen molar-refractivity contribution in [2.75, 3.05) is 6.61 Å². The minimum atomic E-state index is 0.221. The fraction of sp³-hybridized carbons (Fsp3) is 0.400. The molecule has 0 bridgehead atoms. The Bertz CT molecular complexity index is 533. The monoisotopic (exact) mass is 261 g/mol. The summed E-state index contributed by atoms with van der Waals surface area (Å²) in [5.74, 6) is 0.281. The van der Waals surface area contributed by atoms with E-state index < -0.39 is 0 Å². The lowest BCUT2D eigenvalue weighted by atomic mass is 10.0. The molecule has 0 saturated carbocycles. The molecule has 1 unspecified atom stereocenters. The Morgan fingerprint density at radius 3 is 2.78 bits per heavy atom.